The standard InChI is InChI=1S/C25H25F3N2O5/c1-29(21(31)13-14-22(32)33)23-17-5-2-3-7-19(17)30(20-8-4-6-18(20)23)24(34)15-9-11-16(12-10-15)35-25(26,27)28/h2-3,5,7,9-12,18,20,23H,4,6,8,13-14H2,1H3,(H,32,33)/t18-,20-,23-/m0/s1. The van der Waals surface area contributed by atoms with Crippen molar-refractivity contribution in [3.63, 3.8) is 0 Å². The smallest absolute Gasteiger partial charge is 0.481 e. The van der Waals surface area contributed by atoms with E-state index < -0.39 is 18.1 Å². The average Bonchev–Trinajstić information content (AvgIpc) is 3.28. The number of rotatable bonds is 6. The number of aliphatic carboxylic acids is 1. The van der Waals surface area contributed by atoms with Crippen molar-refractivity contribution >= 4 is 23.5 Å². The lowest BCUT2D eigenvalue weighted by Gasteiger charge is -2.46. The van der Waals surface area contributed by atoms with Gasteiger partial charge in [-0.3, -0.25) is 14.4 Å². The minimum atomic E-state index is -4.82. The highest BCUT2D eigenvalue weighted by atomic mass is 19.4. The van der Waals surface area contributed by atoms with Crippen LogP contribution in [-0.2, 0) is 9.59 Å². The molecule has 1 N–H and O–H groups in total. The number of carbonyl (C=O) groups excluding carboxylic acids is 2. The van der Waals surface area contributed by atoms with Gasteiger partial charge in [0.2, 0.25) is 5.91 Å². The third-order valence-electron chi connectivity index (χ3n) is 6.70. The molecule has 4 rings (SSSR count). The van der Waals surface area contributed by atoms with Crippen LogP contribution in [0.25, 0.3) is 0 Å². The van der Waals surface area contributed by atoms with Crippen LogP contribution in [0.1, 0.15) is 54.1 Å². The normalized spacial score (nSPS) is 21.1. The van der Waals surface area contributed by atoms with Gasteiger partial charge in [-0.1, -0.05) is 24.6 Å². The molecule has 10 heteroatoms. The zero-order valence-electron chi connectivity index (χ0n) is 19.0. The molecule has 2 aromatic carbocycles. The van der Waals surface area contributed by atoms with Gasteiger partial charge in [-0.25, -0.2) is 0 Å². The van der Waals surface area contributed by atoms with Crippen LogP contribution in [0.5, 0.6) is 5.75 Å². The Hall–Kier alpha value is -3.56. The number of anilines is 1. The molecule has 0 radical (unpaired) electrons. The first-order chi connectivity index (χ1) is 16.6. The molecule has 7 nitrogen and oxygen atoms in total. The topological polar surface area (TPSA) is 87.2 Å². The molecule has 35 heavy (non-hydrogen) atoms. The fourth-order valence-corrected chi connectivity index (χ4v) is 5.26. The molecule has 2 aromatic rings. The lowest BCUT2D eigenvalue weighted by Crippen LogP contribution is -2.51. The molecule has 3 atom stereocenters. The Bertz CT molecular complexity index is 1120. The van der Waals surface area contributed by atoms with Crippen LogP contribution in [0.3, 0.4) is 0 Å². The van der Waals surface area contributed by atoms with Gasteiger partial charge in [-0.05, 0) is 48.7 Å². The van der Waals surface area contributed by atoms with Gasteiger partial charge in [0.05, 0.1) is 12.5 Å². The molecule has 0 bridgehead atoms. The molecule has 0 aromatic heterocycles. The number of carboxylic acids is 1. The van der Waals surface area contributed by atoms with Crippen molar-refractivity contribution in [2.45, 2.75) is 50.6 Å². The van der Waals surface area contributed by atoms with Crippen LogP contribution in [0.4, 0.5) is 18.9 Å². The first kappa shape index (κ1) is 24.6. The molecule has 186 valence electrons. The van der Waals surface area contributed by atoms with Gasteiger partial charge < -0.3 is 19.6 Å². The number of ether oxygens (including phenoxy) is 1. The van der Waals surface area contributed by atoms with Gasteiger partial charge in [0.1, 0.15) is 5.75 Å². The number of halogens is 3. The molecule has 2 amide bonds. The number of para-hydroxylation sites is 1. The molecule has 0 saturated heterocycles. The van der Waals surface area contributed by atoms with Crippen LogP contribution in [0, 0.1) is 5.92 Å². The van der Waals surface area contributed by atoms with Crippen molar-refractivity contribution in [2.75, 3.05) is 11.9 Å². The van der Waals surface area contributed by atoms with Gasteiger partial charge in [-0.2, -0.15) is 0 Å². The quantitative estimate of drug-likeness (QED) is 0.630. The van der Waals surface area contributed by atoms with E-state index in [1.54, 1.807) is 29.0 Å². The molecule has 1 heterocycles. The highest BCUT2D eigenvalue weighted by molar-refractivity contribution is 6.07. The Morgan fingerprint density at radius 2 is 1.74 bits per heavy atom. The third-order valence-corrected chi connectivity index (χ3v) is 6.70. The maximum atomic E-state index is 13.6. The predicted octanol–water partition coefficient (Wildman–Crippen LogP) is 4.78. The van der Waals surface area contributed by atoms with Crippen LogP contribution in [-0.4, -0.2) is 47.2 Å². The summed E-state index contributed by atoms with van der Waals surface area (Å²) in [4.78, 5) is 40.6. The number of amides is 2. The molecule has 1 fully saturated rings. The summed E-state index contributed by atoms with van der Waals surface area (Å²) in [5.74, 6) is -2.13. The maximum absolute atomic E-state index is 13.6. The molecular weight excluding hydrogens is 465 g/mol. The van der Waals surface area contributed by atoms with Crippen LogP contribution in [0.15, 0.2) is 48.5 Å². The monoisotopic (exact) mass is 490 g/mol. The van der Waals surface area contributed by atoms with Crippen molar-refractivity contribution in [3.05, 3.63) is 59.7 Å². The van der Waals surface area contributed by atoms with Crippen LogP contribution >= 0.6 is 0 Å². The SMILES string of the molecule is CN(C(=O)CCC(=O)O)[C@H]1c2ccccc2N(C(=O)c2ccc(OC(F)(F)F)cc2)[C@H]2CCC[C@H]12. The molecule has 0 spiro atoms. The van der Waals surface area contributed by atoms with Gasteiger partial charge in [0.25, 0.3) is 5.91 Å². The summed E-state index contributed by atoms with van der Waals surface area (Å²) in [7, 11) is 1.66. The van der Waals surface area contributed by atoms with Crippen molar-refractivity contribution < 1.29 is 37.4 Å². The van der Waals surface area contributed by atoms with Gasteiger partial charge >= 0.3 is 12.3 Å². The second-order valence-corrected chi connectivity index (χ2v) is 8.81. The maximum Gasteiger partial charge on any atom is 0.573 e. The van der Waals surface area contributed by atoms with E-state index in [0.29, 0.717) is 12.1 Å². The molecule has 1 saturated carbocycles. The second kappa shape index (κ2) is 9.59. The van der Waals surface area contributed by atoms with Crippen molar-refractivity contribution in [1.82, 2.24) is 4.90 Å². The number of nitrogens with zero attached hydrogens (tertiary/aromatic N) is 2. The summed E-state index contributed by atoms with van der Waals surface area (Å²) in [5.41, 5.74) is 1.65. The number of benzene rings is 2. The number of carbonyl (C=O) groups is 3. The van der Waals surface area contributed by atoms with Crippen LogP contribution < -0.4 is 9.64 Å². The number of fused-ring (bicyclic) bond motifs is 2. The van der Waals surface area contributed by atoms with Crippen molar-refractivity contribution in [2.24, 2.45) is 5.92 Å². The Kier molecular flexibility index (Phi) is 6.73. The second-order valence-electron chi connectivity index (χ2n) is 8.81. The summed E-state index contributed by atoms with van der Waals surface area (Å²) in [6.07, 6.45) is -2.85. The van der Waals surface area contributed by atoms with Gasteiger partial charge in [0, 0.05) is 36.7 Å². The number of hydrogen-bond acceptors (Lipinski definition) is 4. The summed E-state index contributed by atoms with van der Waals surface area (Å²) < 4.78 is 41.4. The van der Waals surface area contributed by atoms with E-state index in [2.05, 4.69) is 4.74 Å². The Balaban J connectivity index is 1.66. The van der Waals surface area contributed by atoms with E-state index in [1.807, 2.05) is 12.1 Å². The van der Waals surface area contributed by atoms with Crippen molar-refractivity contribution in [3.8, 4) is 5.75 Å². The van der Waals surface area contributed by atoms with Crippen LogP contribution in [0.2, 0.25) is 0 Å². The summed E-state index contributed by atoms with van der Waals surface area (Å²) in [6, 6.07) is 11.6. The Morgan fingerprint density at radius 1 is 1.06 bits per heavy atom. The van der Waals surface area contributed by atoms with Crippen molar-refractivity contribution in [1.29, 1.82) is 0 Å². The predicted molar refractivity (Wildman–Crippen MR) is 120 cm³/mol. The first-order valence-corrected chi connectivity index (χ1v) is 11.3. The highest BCUT2D eigenvalue weighted by Gasteiger charge is 2.48. The summed E-state index contributed by atoms with van der Waals surface area (Å²) >= 11 is 0. The molecule has 2 aliphatic rings. The van der Waals surface area contributed by atoms with E-state index in [1.165, 1.54) is 12.1 Å². The largest absolute Gasteiger partial charge is 0.573 e. The van der Waals surface area contributed by atoms with E-state index in [9.17, 15) is 27.6 Å². The summed E-state index contributed by atoms with van der Waals surface area (Å²) in [6.45, 7) is 0. The molecule has 0 unspecified atom stereocenters. The molecule has 1 aliphatic heterocycles. The highest BCUT2D eigenvalue weighted by Crippen LogP contribution is 2.50. The number of carboxylic acid groups (broad SMARTS) is 1. The Labute approximate surface area is 200 Å². The Morgan fingerprint density at radius 3 is 2.40 bits per heavy atom. The van der Waals surface area contributed by atoms with E-state index >= 15 is 0 Å². The lowest BCUT2D eigenvalue weighted by molar-refractivity contribution is -0.274. The minimum Gasteiger partial charge on any atom is -0.481 e. The third kappa shape index (κ3) is 5.11. The fraction of sp³-hybridized carbons (Fsp3) is 0.400. The fourth-order valence-electron chi connectivity index (χ4n) is 5.26. The van der Waals surface area contributed by atoms with E-state index in [-0.39, 0.29) is 48.2 Å². The van der Waals surface area contributed by atoms with Gasteiger partial charge in [-0.15, -0.1) is 13.2 Å². The number of hydrogen-bond donors (Lipinski definition) is 1. The first-order valence-electron chi connectivity index (χ1n) is 11.3. The van der Waals surface area contributed by atoms with Gasteiger partial charge in [0.15, 0.2) is 0 Å². The number of alkyl halides is 3. The van der Waals surface area contributed by atoms with E-state index in [0.717, 1.165) is 30.5 Å². The zero-order valence-corrected chi connectivity index (χ0v) is 19.0. The molecule has 1 aliphatic carbocycles. The zero-order chi connectivity index (χ0) is 25.3. The average molecular weight is 490 g/mol. The molecular formula is C25H25F3N2O5. The summed E-state index contributed by atoms with van der Waals surface area (Å²) in [5, 5.41) is 8.96. The van der Waals surface area contributed by atoms with E-state index in [4.69, 9.17) is 5.11 Å². The lowest BCUT2D eigenvalue weighted by atomic mass is 9.81. The minimum absolute atomic E-state index is 0.0551.